The molecule has 0 aliphatic carbocycles. The summed E-state index contributed by atoms with van der Waals surface area (Å²) in [7, 11) is 1.55. The van der Waals surface area contributed by atoms with Gasteiger partial charge in [0.25, 0.3) is 0 Å². The van der Waals surface area contributed by atoms with E-state index < -0.39 is 0 Å². The van der Waals surface area contributed by atoms with Crippen LogP contribution in [0.25, 0.3) is 0 Å². The molecule has 0 saturated carbocycles. The van der Waals surface area contributed by atoms with Crippen LogP contribution in [0.1, 0.15) is 17.3 Å². The highest BCUT2D eigenvalue weighted by atomic mass is 79.9. The molecule has 1 N–H and O–H groups in total. The minimum atomic E-state index is 0.430. The molecule has 2 aromatic rings. The molecule has 96 valence electrons. The maximum Gasteiger partial charge on any atom is 0.232 e. The highest BCUT2D eigenvalue weighted by molar-refractivity contribution is 9.10. The lowest BCUT2D eigenvalue weighted by Gasteiger charge is -2.05. The van der Waals surface area contributed by atoms with Gasteiger partial charge < -0.3 is 14.5 Å². The van der Waals surface area contributed by atoms with Gasteiger partial charge in [-0.25, -0.2) is 9.97 Å². The third kappa shape index (κ3) is 2.79. The van der Waals surface area contributed by atoms with Crippen LogP contribution < -0.4 is 10.1 Å². The number of aryl methyl sites for hydroxylation is 2. The Morgan fingerprint density at radius 1 is 1.39 bits per heavy atom. The molecule has 2 aromatic heterocycles. The van der Waals surface area contributed by atoms with E-state index in [1.54, 1.807) is 13.3 Å². The van der Waals surface area contributed by atoms with E-state index in [1.165, 1.54) is 0 Å². The number of rotatable bonds is 4. The van der Waals surface area contributed by atoms with Crippen molar-refractivity contribution in [2.45, 2.75) is 20.4 Å². The third-order valence-electron chi connectivity index (χ3n) is 2.38. The first kappa shape index (κ1) is 12.8. The fraction of sp³-hybridized carbons (Fsp3) is 0.364. The normalized spacial score (nSPS) is 10.4. The molecule has 18 heavy (non-hydrogen) atoms. The van der Waals surface area contributed by atoms with Gasteiger partial charge in [0.15, 0.2) is 0 Å². The number of ether oxygens (including phenoxy) is 1. The number of aromatic nitrogens is 3. The van der Waals surface area contributed by atoms with Crippen LogP contribution in [0.2, 0.25) is 0 Å². The molecule has 2 heterocycles. The Morgan fingerprint density at radius 2 is 2.17 bits per heavy atom. The van der Waals surface area contributed by atoms with E-state index in [2.05, 4.69) is 36.2 Å². The molecule has 0 spiro atoms. The van der Waals surface area contributed by atoms with Crippen LogP contribution in [0.3, 0.4) is 0 Å². The maximum atomic E-state index is 5.45. The summed E-state index contributed by atoms with van der Waals surface area (Å²) in [5.41, 5.74) is 0.890. The van der Waals surface area contributed by atoms with Crippen LogP contribution in [-0.2, 0) is 6.54 Å². The van der Waals surface area contributed by atoms with Crippen molar-refractivity contribution in [3.8, 4) is 5.88 Å². The molecule has 0 radical (unpaired) electrons. The largest absolute Gasteiger partial charge is 0.480 e. The zero-order valence-electron chi connectivity index (χ0n) is 10.3. The second-order valence-electron chi connectivity index (χ2n) is 3.65. The van der Waals surface area contributed by atoms with Gasteiger partial charge in [-0.2, -0.15) is 4.98 Å². The van der Waals surface area contributed by atoms with Crippen LogP contribution in [0.4, 0.5) is 5.95 Å². The van der Waals surface area contributed by atoms with Crippen LogP contribution in [0.15, 0.2) is 15.1 Å². The van der Waals surface area contributed by atoms with Gasteiger partial charge in [-0.05, 0) is 29.8 Å². The molecule has 0 aliphatic rings. The van der Waals surface area contributed by atoms with Gasteiger partial charge in [-0.15, -0.1) is 0 Å². The Hall–Kier alpha value is -1.63. The topological polar surface area (TPSA) is 73.1 Å². The fourth-order valence-corrected chi connectivity index (χ4v) is 1.70. The molecule has 0 aliphatic heterocycles. The zero-order valence-corrected chi connectivity index (χ0v) is 11.9. The average molecular weight is 313 g/mol. The molecule has 2 rings (SSSR count). The van der Waals surface area contributed by atoms with E-state index in [9.17, 15) is 0 Å². The summed E-state index contributed by atoms with van der Waals surface area (Å²) < 4.78 is 11.2. The second-order valence-corrected chi connectivity index (χ2v) is 4.51. The summed E-state index contributed by atoms with van der Waals surface area (Å²) in [6, 6.07) is 0. The standard InChI is InChI=1S/C11H13BrN4O2/c1-6-7(2)18-9(15-6)5-14-11-13-4-8(12)10(16-11)17-3/h4H,5H2,1-3H3,(H,13,14,16). The summed E-state index contributed by atoms with van der Waals surface area (Å²) in [6.45, 7) is 4.21. The van der Waals surface area contributed by atoms with Crippen molar-refractivity contribution in [3.05, 3.63) is 28.0 Å². The molecule has 7 heteroatoms. The van der Waals surface area contributed by atoms with Gasteiger partial charge in [0.2, 0.25) is 17.7 Å². The van der Waals surface area contributed by atoms with Gasteiger partial charge >= 0.3 is 0 Å². The minimum Gasteiger partial charge on any atom is -0.480 e. The Morgan fingerprint density at radius 3 is 2.78 bits per heavy atom. The Bertz CT molecular complexity index is 536. The van der Waals surface area contributed by atoms with E-state index in [1.807, 2.05) is 13.8 Å². The zero-order chi connectivity index (χ0) is 13.1. The summed E-state index contributed by atoms with van der Waals surface area (Å²) in [5, 5.41) is 3.02. The van der Waals surface area contributed by atoms with Gasteiger partial charge in [0.05, 0.1) is 30.0 Å². The monoisotopic (exact) mass is 312 g/mol. The number of methoxy groups -OCH3 is 1. The molecule has 0 bridgehead atoms. The van der Waals surface area contributed by atoms with Crippen LogP contribution in [0, 0.1) is 13.8 Å². The van der Waals surface area contributed by atoms with Crippen LogP contribution >= 0.6 is 15.9 Å². The molecule has 0 fully saturated rings. The molecule has 6 nitrogen and oxygen atoms in total. The lowest BCUT2D eigenvalue weighted by atomic mass is 10.4. The lowest BCUT2D eigenvalue weighted by molar-refractivity contribution is 0.394. The molecular weight excluding hydrogens is 300 g/mol. The van der Waals surface area contributed by atoms with Gasteiger partial charge in [-0.1, -0.05) is 0 Å². The number of anilines is 1. The Kier molecular flexibility index (Phi) is 3.81. The van der Waals surface area contributed by atoms with Crippen molar-refractivity contribution in [1.29, 1.82) is 0 Å². The van der Waals surface area contributed by atoms with E-state index in [-0.39, 0.29) is 0 Å². The molecule has 0 saturated heterocycles. The second kappa shape index (κ2) is 5.34. The molecular formula is C11H13BrN4O2. The summed E-state index contributed by atoms with van der Waals surface area (Å²) in [6.07, 6.45) is 1.63. The SMILES string of the molecule is COc1nc(NCc2nc(C)c(C)o2)ncc1Br. The smallest absolute Gasteiger partial charge is 0.232 e. The molecule has 0 aromatic carbocycles. The van der Waals surface area contributed by atoms with Crippen molar-refractivity contribution in [3.63, 3.8) is 0 Å². The number of hydrogen-bond donors (Lipinski definition) is 1. The number of nitrogens with one attached hydrogen (secondary N) is 1. The average Bonchev–Trinajstić information content (AvgIpc) is 2.68. The first-order chi connectivity index (χ1) is 8.60. The number of nitrogens with zero attached hydrogens (tertiary/aromatic N) is 3. The van der Waals surface area contributed by atoms with Crippen LogP contribution in [0.5, 0.6) is 5.88 Å². The van der Waals surface area contributed by atoms with E-state index in [4.69, 9.17) is 9.15 Å². The Balaban J connectivity index is 2.06. The summed E-state index contributed by atoms with van der Waals surface area (Å²) >= 11 is 3.29. The van der Waals surface area contributed by atoms with E-state index >= 15 is 0 Å². The van der Waals surface area contributed by atoms with Crippen molar-refractivity contribution in [2.24, 2.45) is 0 Å². The molecule has 0 atom stereocenters. The van der Waals surface area contributed by atoms with Crippen molar-refractivity contribution in [1.82, 2.24) is 15.0 Å². The summed E-state index contributed by atoms with van der Waals surface area (Å²) in [4.78, 5) is 12.5. The lowest BCUT2D eigenvalue weighted by Crippen LogP contribution is -2.04. The van der Waals surface area contributed by atoms with E-state index in [0.717, 1.165) is 11.5 Å². The number of hydrogen-bond acceptors (Lipinski definition) is 6. The summed E-state index contributed by atoms with van der Waals surface area (Å²) in [5.74, 6) is 2.37. The molecule has 0 amide bonds. The highest BCUT2D eigenvalue weighted by Gasteiger charge is 2.08. The van der Waals surface area contributed by atoms with E-state index in [0.29, 0.717) is 28.7 Å². The Labute approximate surface area is 113 Å². The number of halogens is 1. The predicted octanol–water partition coefficient (Wildman–Crippen LogP) is 2.46. The molecule has 0 unspecified atom stereocenters. The van der Waals surface area contributed by atoms with Gasteiger partial charge in [0, 0.05) is 0 Å². The third-order valence-corrected chi connectivity index (χ3v) is 2.92. The minimum absolute atomic E-state index is 0.430. The van der Waals surface area contributed by atoms with Gasteiger partial charge in [0.1, 0.15) is 5.76 Å². The first-order valence-electron chi connectivity index (χ1n) is 5.33. The van der Waals surface area contributed by atoms with Crippen LogP contribution in [-0.4, -0.2) is 22.1 Å². The van der Waals surface area contributed by atoms with Gasteiger partial charge in [-0.3, -0.25) is 0 Å². The van der Waals surface area contributed by atoms with Crippen molar-refractivity contribution >= 4 is 21.9 Å². The highest BCUT2D eigenvalue weighted by Crippen LogP contribution is 2.22. The predicted molar refractivity (Wildman–Crippen MR) is 69.6 cm³/mol. The quantitative estimate of drug-likeness (QED) is 0.935. The first-order valence-corrected chi connectivity index (χ1v) is 6.12. The maximum absolute atomic E-state index is 5.45. The number of oxazole rings is 1. The van der Waals surface area contributed by atoms with Crippen molar-refractivity contribution < 1.29 is 9.15 Å². The van der Waals surface area contributed by atoms with Crippen molar-refractivity contribution in [2.75, 3.05) is 12.4 Å². The fourth-order valence-electron chi connectivity index (χ4n) is 1.35.